The first-order valence-corrected chi connectivity index (χ1v) is 11.3. The van der Waals surface area contributed by atoms with E-state index in [1.54, 1.807) is 23.2 Å². The van der Waals surface area contributed by atoms with E-state index in [0.29, 0.717) is 30.4 Å². The molecule has 1 aromatic carbocycles. The first-order valence-electron chi connectivity index (χ1n) is 9.76. The number of benzene rings is 1. The Morgan fingerprint density at radius 1 is 1.23 bits per heavy atom. The van der Waals surface area contributed by atoms with Gasteiger partial charge in [0.05, 0.1) is 4.75 Å². The highest BCUT2D eigenvalue weighted by Gasteiger charge is 2.54. The molecule has 1 N–H and O–H groups in total. The lowest BCUT2D eigenvalue weighted by molar-refractivity contribution is 0.0286. The van der Waals surface area contributed by atoms with Crippen LogP contribution in [0.4, 0.5) is 4.79 Å². The number of nitrogens with zero attached hydrogens (tertiary/aromatic N) is 3. The predicted octanol–water partition coefficient (Wildman–Crippen LogP) is 3.74. The fourth-order valence-electron chi connectivity index (χ4n) is 3.66. The van der Waals surface area contributed by atoms with Gasteiger partial charge in [-0.3, -0.25) is 9.79 Å². The molecule has 2 aromatic rings. The van der Waals surface area contributed by atoms with Crippen LogP contribution in [0.2, 0.25) is 0 Å². The number of likely N-dealkylation sites (tertiary alicyclic amines) is 1. The molecule has 7 nitrogen and oxygen atoms in total. The van der Waals surface area contributed by atoms with Crippen LogP contribution < -0.4 is 5.32 Å². The summed E-state index contributed by atoms with van der Waals surface area (Å²) in [6.45, 7) is 7.16. The topological polar surface area (TPSA) is 83.9 Å². The van der Waals surface area contributed by atoms with Crippen LogP contribution in [0.25, 0.3) is 0 Å². The summed E-state index contributed by atoms with van der Waals surface area (Å²) in [4.78, 5) is 32.8. The van der Waals surface area contributed by atoms with Gasteiger partial charge in [-0.05, 0) is 50.5 Å². The molecule has 0 bridgehead atoms. The first-order chi connectivity index (χ1) is 14.3. The van der Waals surface area contributed by atoms with Crippen LogP contribution in [0, 0.1) is 5.92 Å². The average Bonchev–Trinajstić information content (AvgIpc) is 3.36. The van der Waals surface area contributed by atoms with E-state index in [0.717, 1.165) is 4.88 Å². The van der Waals surface area contributed by atoms with Crippen LogP contribution in [0.5, 0.6) is 0 Å². The molecule has 2 atom stereocenters. The number of fused-ring (bicyclic) bond motifs is 1. The molecule has 0 radical (unpaired) electrons. The molecule has 0 aliphatic carbocycles. The second kappa shape index (κ2) is 8.03. The Morgan fingerprint density at radius 3 is 2.67 bits per heavy atom. The lowest BCUT2D eigenvalue weighted by Crippen LogP contribution is -2.42. The third-order valence-corrected chi connectivity index (χ3v) is 7.55. The second-order valence-electron chi connectivity index (χ2n) is 8.39. The molecule has 0 saturated carbocycles. The van der Waals surface area contributed by atoms with Gasteiger partial charge in [0, 0.05) is 42.2 Å². The molecule has 4 rings (SSSR count). The number of ether oxygens (including phenoxy) is 1. The van der Waals surface area contributed by atoms with E-state index in [4.69, 9.17) is 4.74 Å². The molecule has 9 heteroatoms. The molecule has 3 heterocycles. The molecule has 2 unspecified atom stereocenters. The molecule has 1 fully saturated rings. The third-order valence-electron chi connectivity index (χ3n) is 5.02. The molecule has 158 valence electrons. The van der Waals surface area contributed by atoms with E-state index in [1.165, 1.54) is 23.3 Å². The molecule has 2 aliphatic heterocycles. The Kier molecular flexibility index (Phi) is 5.59. The molecule has 2 amide bonds. The molecule has 2 aliphatic rings. The molecule has 1 aromatic heterocycles. The quantitative estimate of drug-likeness (QED) is 0.763. The van der Waals surface area contributed by atoms with Crippen LogP contribution in [0.15, 0.2) is 47.6 Å². The van der Waals surface area contributed by atoms with Crippen molar-refractivity contribution in [3.63, 3.8) is 0 Å². The summed E-state index contributed by atoms with van der Waals surface area (Å²) in [5, 5.41) is 3.51. The summed E-state index contributed by atoms with van der Waals surface area (Å²) >= 11 is 2.93. The number of hydrogen-bond acceptors (Lipinski definition) is 7. The van der Waals surface area contributed by atoms with Crippen molar-refractivity contribution in [2.75, 3.05) is 19.6 Å². The highest BCUT2D eigenvalue weighted by molar-refractivity contribution is 8.14. The number of thioether (sulfide) groups is 1. The van der Waals surface area contributed by atoms with Gasteiger partial charge < -0.3 is 15.0 Å². The maximum absolute atomic E-state index is 12.7. The minimum Gasteiger partial charge on any atom is -0.444 e. The number of carbonyl (C=O) groups is 2. The number of aromatic nitrogens is 1. The van der Waals surface area contributed by atoms with Crippen LogP contribution >= 0.6 is 23.3 Å². The predicted molar refractivity (Wildman–Crippen MR) is 119 cm³/mol. The van der Waals surface area contributed by atoms with Crippen LogP contribution in [-0.2, 0) is 9.48 Å². The molecule has 0 spiro atoms. The Morgan fingerprint density at radius 2 is 2.00 bits per heavy atom. The molecular formula is C21H24N4O3S2. The Bertz CT molecular complexity index is 956. The molecular weight excluding hydrogens is 420 g/mol. The van der Waals surface area contributed by atoms with Crippen molar-refractivity contribution in [3.05, 3.63) is 53.0 Å². The number of hydrogen-bond donors (Lipinski definition) is 1. The standard InChI is InChI=1S/C21H24N4O3S2/c1-20(2,3)28-19(27)25-12-15-11-22-18(24-17(26)14-7-5-4-6-8-14)29-21(15,13-25)16-9-10-23-30-16/h4-10,15H,11-13H2,1-3H3,(H,22,24,26). The maximum atomic E-state index is 12.7. The van der Waals surface area contributed by atoms with Crippen LogP contribution in [0.1, 0.15) is 36.0 Å². The Labute approximate surface area is 184 Å². The van der Waals surface area contributed by atoms with Gasteiger partial charge in [-0.15, -0.1) is 0 Å². The van der Waals surface area contributed by atoms with E-state index in [2.05, 4.69) is 14.7 Å². The zero-order chi connectivity index (χ0) is 21.4. The van der Waals surface area contributed by atoms with Crippen molar-refractivity contribution in [1.82, 2.24) is 14.6 Å². The number of nitrogens with one attached hydrogen (secondary N) is 1. The highest BCUT2D eigenvalue weighted by Crippen LogP contribution is 2.52. The van der Waals surface area contributed by atoms with Gasteiger partial charge in [0.1, 0.15) is 5.60 Å². The van der Waals surface area contributed by atoms with Crippen molar-refractivity contribution in [2.24, 2.45) is 10.9 Å². The molecule has 30 heavy (non-hydrogen) atoms. The van der Waals surface area contributed by atoms with Gasteiger partial charge in [-0.25, -0.2) is 9.17 Å². The lowest BCUT2D eigenvalue weighted by atomic mass is 9.93. The van der Waals surface area contributed by atoms with E-state index >= 15 is 0 Å². The zero-order valence-electron chi connectivity index (χ0n) is 17.1. The highest BCUT2D eigenvalue weighted by atomic mass is 32.2. The number of amides is 2. The van der Waals surface area contributed by atoms with E-state index < -0.39 is 10.3 Å². The lowest BCUT2D eigenvalue weighted by Gasteiger charge is -2.35. The average molecular weight is 445 g/mol. The minimum atomic E-state index is -0.555. The number of rotatable bonds is 2. The van der Waals surface area contributed by atoms with E-state index in [-0.39, 0.29) is 17.9 Å². The van der Waals surface area contributed by atoms with Crippen molar-refractivity contribution in [1.29, 1.82) is 0 Å². The van der Waals surface area contributed by atoms with E-state index in [1.807, 2.05) is 45.0 Å². The maximum Gasteiger partial charge on any atom is 0.410 e. The van der Waals surface area contributed by atoms with Crippen molar-refractivity contribution in [3.8, 4) is 0 Å². The van der Waals surface area contributed by atoms with Crippen LogP contribution in [0.3, 0.4) is 0 Å². The van der Waals surface area contributed by atoms with Gasteiger partial charge in [0.25, 0.3) is 5.91 Å². The summed E-state index contributed by atoms with van der Waals surface area (Å²) in [5.41, 5.74) is 0.0255. The largest absolute Gasteiger partial charge is 0.444 e. The summed E-state index contributed by atoms with van der Waals surface area (Å²) in [6.07, 6.45) is 1.45. The van der Waals surface area contributed by atoms with Gasteiger partial charge in [-0.1, -0.05) is 30.0 Å². The van der Waals surface area contributed by atoms with Gasteiger partial charge in [0.15, 0.2) is 5.17 Å². The number of amidine groups is 1. The summed E-state index contributed by atoms with van der Waals surface area (Å²) in [5.74, 6) is -0.0744. The smallest absolute Gasteiger partial charge is 0.410 e. The monoisotopic (exact) mass is 444 g/mol. The van der Waals surface area contributed by atoms with Gasteiger partial charge in [-0.2, -0.15) is 0 Å². The summed E-state index contributed by atoms with van der Waals surface area (Å²) in [7, 11) is 0. The van der Waals surface area contributed by atoms with Crippen molar-refractivity contribution < 1.29 is 14.3 Å². The number of carbonyl (C=O) groups excluding carboxylic acids is 2. The molecule has 1 saturated heterocycles. The minimum absolute atomic E-state index is 0.118. The first kappa shape index (κ1) is 20.9. The van der Waals surface area contributed by atoms with Crippen LogP contribution in [-0.4, -0.2) is 51.7 Å². The van der Waals surface area contributed by atoms with Gasteiger partial charge >= 0.3 is 6.09 Å². The van der Waals surface area contributed by atoms with Crippen molar-refractivity contribution in [2.45, 2.75) is 31.1 Å². The zero-order valence-corrected chi connectivity index (χ0v) is 18.8. The number of aliphatic imine (C=N–C) groups is 1. The fourth-order valence-corrected chi connectivity index (χ4v) is 5.97. The Balaban J connectivity index is 1.56. The SMILES string of the molecule is CC(C)(C)OC(=O)N1CC2CN=C(NC(=O)c3ccccc3)SC2(c2ccns2)C1. The normalized spacial score (nSPS) is 23.5. The fraction of sp³-hybridized carbons (Fsp3) is 0.429. The Hall–Kier alpha value is -2.39. The second-order valence-corrected chi connectivity index (χ2v) is 10.5. The summed E-state index contributed by atoms with van der Waals surface area (Å²) < 4.78 is 9.48. The summed E-state index contributed by atoms with van der Waals surface area (Å²) in [6, 6.07) is 11.1. The van der Waals surface area contributed by atoms with Crippen molar-refractivity contribution >= 4 is 40.5 Å². The third kappa shape index (κ3) is 4.22. The van der Waals surface area contributed by atoms with E-state index in [9.17, 15) is 9.59 Å². The van der Waals surface area contributed by atoms with Gasteiger partial charge in [0.2, 0.25) is 0 Å².